The molecule has 0 spiro atoms. The number of para-hydroxylation sites is 1. The first kappa shape index (κ1) is 34.4. The second kappa shape index (κ2) is 21.0. The molecule has 0 radical (unpaired) electrons. The number of unbranched alkanes of at least 4 members (excludes halogenated alkanes) is 9. The van der Waals surface area contributed by atoms with Gasteiger partial charge in [0.25, 0.3) is 0 Å². The van der Waals surface area contributed by atoms with Gasteiger partial charge in [0.05, 0.1) is 0 Å². The zero-order valence-corrected chi connectivity index (χ0v) is 27.5. The van der Waals surface area contributed by atoms with Crippen LogP contribution in [0, 0.1) is 17.8 Å². The number of aryl methyl sites for hydroxylation is 1. The fourth-order valence-electron chi connectivity index (χ4n) is 6.00. The Labute approximate surface area is 250 Å². The molecule has 0 aliphatic rings. The molecule has 0 bridgehead atoms. The minimum absolute atomic E-state index is 0.830. The Morgan fingerprint density at radius 1 is 0.450 bits per heavy atom. The van der Waals surface area contributed by atoms with Crippen LogP contribution in [0.15, 0.2) is 42.5 Å². The summed E-state index contributed by atoms with van der Waals surface area (Å²) < 4.78 is 0. The summed E-state index contributed by atoms with van der Waals surface area (Å²) in [5.41, 5.74) is 7.50. The second-order valence-corrected chi connectivity index (χ2v) is 13.8. The molecule has 0 saturated heterocycles. The highest BCUT2D eigenvalue weighted by molar-refractivity contribution is 5.66. The summed E-state index contributed by atoms with van der Waals surface area (Å²) in [5.74, 6) is 2.50. The van der Waals surface area contributed by atoms with Gasteiger partial charge in [-0.15, -0.1) is 0 Å². The average molecular weight is 548 g/mol. The summed E-state index contributed by atoms with van der Waals surface area (Å²) in [6.07, 6.45) is 24.2. The number of hydrogen-bond acceptors (Lipinski definition) is 1. The van der Waals surface area contributed by atoms with Crippen molar-refractivity contribution in [2.75, 3.05) is 5.32 Å². The summed E-state index contributed by atoms with van der Waals surface area (Å²) in [6, 6.07) is 15.7. The smallest absolute Gasteiger partial charge is 0.0419 e. The summed E-state index contributed by atoms with van der Waals surface area (Å²) in [4.78, 5) is 0. The van der Waals surface area contributed by atoms with E-state index in [1.165, 1.54) is 127 Å². The molecule has 0 aliphatic carbocycles. The van der Waals surface area contributed by atoms with Crippen molar-refractivity contribution in [3.8, 4) is 0 Å². The van der Waals surface area contributed by atoms with Crippen LogP contribution in [0.3, 0.4) is 0 Å². The monoisotopic (exact) mass is 548 g/mol. The van der Waals surface area contributed by atoms with Crippen molar-refractivity contribution in [2.45, 2.75) is 157 Å². The molecular formula is C39H65N. The molecule has 0 saturated carbocycles. The molecule has 0 unspecified atom stereocenters. The first-order chi connectivity index (χ1) is 19.4. The van der Waals surface area contributed by atoms with E-state index in [0.717, 1.165) is 17.8 Å². The highest BCUT2D eigenvalue weighted by Gasteiger charge is 2.14. The van der Waals surface area contributed by atoms with Gasteiger partial charge in [-0.25, -0.2) is 0 Å². The number of anilines is 2. The summed E-state index contributed by atoms with van der Waals surface area (Å²) in [7, 11) is 0. The first-order valence-corrected chi connectivity index (χ1v) is 17.3. The zero-order valence-electron chi connectivity index (χ0n) is 27.5. The lowest BCUT2D eigenvalue weighted by Crippen LogP contribution is -2.06. The Kier molecular flexibility index (Phi) is 18.1. The van der Waals surface area contributed by atoms with Crippen molar-refractivity contribution in [3.05, 3.63) is 59.2 Å². The molecule has 2 aromatic rings. The summed E-state index contributed by atoms with van der Waals surface area (Å²) >= 11 is 0. The molecule has 40 heavy (non-hydrogen) atoms. The quantitative estimate of drug-likeness (QED) is 0.136. The van der Waals surface area contributed by atoms with Gasteiger partial charge >= 0.3 is 0 Å². The van der Waals surface area contributed by atoms with Gasteiger partial charge in [0.2, 0.25) is 0 Å². The molecule has 2 aromatic carbocycles. The lowest BCUT2D eigenvalue weighted by Gasteiger charge is -2.21. The molecule has 0 fully saturated rings. The number of hydrogen-bond donors (Lipinski definition) is 1. The molecule has 1 nitrogen and oxygen atoms in total. The van der Waals surface area contributed by atoms with Crippen LogP contribution in [0.2, 0.25) is 0 Å². The molecule has 0 atom stereocenters. The summed E-state index contributed by atoms with van der Waals surface area (Å²) in [6.45, 7) is 14.1. The number of benzene rings is 2. The molecular weight excluding hydrogens is 482 g/mol. The minimum atomic E-state index is 0.830. The third kappa shape index (κ3) is 15.3. The molecule has 226 valence electrons. The maximum atomic E-state index is 3.82. The van der Waals surface area contributed by atoms with Gasteiger partial charge in [-0.1, -0.05) is 143 Å². The Hall–Kier alpha value is -1.76. The first-order valence-electron chi connectivity index (χ1n) is 17.3. The molecule has 0 amide bonds. The normalized spacial score (nSPS) is 11.7. The molecule has 0 aromatic heterocycles. The lowest BCUT2D eigenvalue weighted by molar-refractivity contribution is 0.516. The molecule has 1 N–H and O–H groups in total. The van der Waals surface area contributed by atoms with Gasteiger partial charge in [-0.3, -0.25) is 0 Å². The van der Waals surface area contributed by atoms with Crippen LogP contribution < -0.4 is 5.32 Å². The topological polar surface area (TPSA) is 12.0 Å². The van der Waals surface area contributed by atoms with Gasteiger partial charge in [-0.05, 0) is 91.2 Å². The van der Waals surface area contributed by atoms with E-state index in [9.17, 15) is 0 Å². The van der Waals surface area contributed by atoms with Gasteiger partial charge in [0.15, 0.2) is 0 Å². The van der Waals surface area contributed by atoms with Crippen LogP contribution in [0.25, 0.3) is 0 Å². The van der Waals surface area contributed by atoms with E-state index in [1.54, 1.807) is 16.7 Å². The second-order valence-electron chi connectivity index (χ2n) is 13.8. The maximum absolute atomic E-state index is 3.82. The summed E-state index contributed by atoms with van der Waals surface area (Å²) in [5, 5.41) is 3.82. The Morgan fingerprint density at radius 2 is 0.900 bits per heavy atom. The minimum Gasteiger partial charge on any atom is -0.355 e. The van der Waals surface area contributed by atoms with E-state index < -0.39 is 0 Å². The predicted octanol–water partition coefficient (Wildman–Crippen LogP) is 12.9. The van der Waals surface area contributed by atoms with Gasteiger partial charge < -0.3 is 5.32 Å². The molecule has 1 heteroatoms. The number of rotatable bonds is 23. The maximum Gasteiger partial charge on any atom is 0.0419 e. The molecule has 0 aliphatic heterocycles. The third-order valence-electron chi connectivity index (χ3n) is 8.48. The lowest BCUT2D eigenvalue weighted by atomic mass is 9.88. The van der Waals surface area contributed by atoms with Crippen LogP contribution >= 0.6 is 0 Å². The van der Waals surface area contributed by atoms with Crippen LogP contribution in [-0.2, 0) is 19.3 Å². The van der Waals surface area contributed by atoms with Crippen LogP contribution in [0.5, 0.6) is 0 Å². The van der Waals surface area contributed by atoms with Crippen LogP contribution in [0.4, 0.5) is 11.4 Å². The van der Waals surface area contributed by atoms with Crippen molar-refractivity contribution in [1.29, 1.82) is 0 Å². The van der Waals surface area contributed by atoms with Crippen LogP contribution in [0.1, 0.15) is 155 Å². The number of nitrogens with one attached hydrogen (secondary N) is 1. The van der Waals surface area contributed by atoms with Crippen molar-refractivity contribution in [3.63, 3.8) is 0 Å². The van der Waals surface area contributed by atoms with Crippen molar-refractivity contribution < 1.29 is 0 Å². The van der Waals surface area contributed by atoms with Gasteiger partial charge in [-0.2, -0.15) is 0 Å². The zero-order chi connectivity index (χ0) is 29.0. The van der Waals surface area contributed by atoms with Gasteiger partial charge in [0, 0.05) is 11.4 Å². The van der Waals surface area contributed by atoms with Crippen LogP contribution in [-0.4, -0.2) is 0 Å². The van der Waals surface area contributed by atoms with E-state index in [-0.39, 0.29) is 0 Å². The molecule has 0 heterocycles. The standard InChI is InChI=1S/C39H65N/c1-32(2)22-14-7-10-17-25-35-30-31-39(40-36-26-18-13-19-27-36)38(29-21-12-9-16-24-34(5)6)37(35)28-20-11-8-15-23-33(3)4/h13,18-19,26-27,30-34,40H,7-12,14-17,20-25,28-29H2,1-6H3. The van der Waals surface area contributed by atoms with E-state index in [2.05, 4.69) is 89.3 Å². The van der Waals surface area contributed by atoms with E-state index in [4.69, 9.17) is 0 Å². The average Bonchev–Trinajstić information content (AvgIpc) is 2.91. The largest absolute Gasteiger partial charge is 0.355 e. The van der Waals surface area contributed by atoms with Crippen molar-refractivity contribution >= 4 is 11.4 Å². The van der Waals surface area contributed by atoms with E-state index in [0.29, 0.717) is 0 Å². The van der Waals surface area contributed by atoms with Crippen molar-refractivity contribution in [2.24, 2.45) is 17.8 Å². The highest BCUT2D eigenvalue weighted by atomic mass is 14.9. The van der Waals surface area contributed by atoms with E-state index >= 15 is 0 Å². The third-order valence-corrected chi connectivity index (χ3v) is 8.48. The Balaban J connectivity index is 2.16. The molecule has 2 rings (SSSR count). The fourth-order valence-corrected chi connectivity index (χ4v) is 6.00. The highest BCUT2D eigenvalue weighted by Crippen LogP contribution is 2.31. The Morgan fingerprint density at radius 3 is 1.40 bits per heavy atom. The fraction of sp³-hybridized carbons (Fsp3) is 0.692. The SMILES string of the molecule is CC(C)CCCCCCc1ccc(Nc2ccccc2)c(CCCCCCC(C)C)c1CCCCCCC(C)C. The van der Waals surface area contributed by atoms with Crippen molar-refractivity contribution in [1.82, 2.24) is 0 Å². The Bertz CT molecular complexity index is 879. The van der Waals surface area contributed by atoms with E-state index in [1.807, 2.05) is 0 Å². The predicted molar refractivity (Wildman–Crippen MR) is 181 cm³/mol. The van der Waals surface area contributed by atoms with Gasteiger partial charge in [0.1, 0.15) is 0 Å².